The first kappa shape index (κ1) is 30.6. The third-order valence-corrected chi connectivity index (χ3v) is 9.82. The first-order valence-corrected chi connectivity index (χ1v) is 15.6. The maximum Gasteiger partial charge on any atom is 0.494 e. The van der Waals surface area contributed by atoms with E-state index in [0.717, 1.165) is 44.3 Å². The molecule has 4 aromatic rings. The minimum atomic E-state index is -0.414. The van der Waals surface area contributed by atoms with E-state index in [0.29, 0.717) is 0 Å². The molecule has 0 unspecified atom stereocenters. The van der Waals surface area contributed by atoms with Gasteiger partial charge in [-0.25, -0.2) is 0 Å². The van der Waals surface area contributed by atoms with E-state index in [9.17, 15) is 0 Å². The molecule has 0 saturated carbocycles. The molecule has 0 aliphatic carbocycles. The van der Waals surface area contributed by atoms with Crippen molar-refractivity contribution in [1.82, 2.24) is 0 Å². The Kier molecular flexibility index (Phi) is 7.78. The van der Waals surface area contributed by atoms with Gasteiger partial charge in [0.1, 0.15) is 0 Å². The molecule has 2 heterocycles. The molecule has 44 heavy (non-hydrogen) atoms. The lowest BCUT2D eigenvalue weighted by atomic mass is 9.76. The van der Waals surface area contributed by atoms with Crippen molar-refractivity contribution in [1.29, 1.82) is 0 Å². The van der Waals surface area contributed by atoms with Gasteiger partial charge in [-0.2, -0.15) is 0 Å². The van der Waals surface area contributed by atoms with E-state index in [4.69, 9.17) is 18.6 Å². The Morgan fingerprint density at radius 3 is 0.886 bits per heavy atom. The topological polar surface area (TPSA) is 36.9 Å². The molecule has 224 valence electrons. The highest BCUT2D eigenvalue weighted by molar-refractivity contribution is 6.62. The minimum Gasteiger partial charge on any atom is -0.399 e. The smallest absolute Gasteiger partial charge is 0.399 e. The zero-order valence-corrected chi connectivity index (χ0v) is 27.2. The summed E-state index contributed by atoms with van der Waals surface area (Å²) >= 11 is 0. The maximum absolute atomic E-state index is 6.35. The Morgan fingerprint density at radius 2 is 0.614 bits per heavy atom. The molecule has 2 fully saturated rings. The van der Waals surface area contributed by atoms with Crippen molar-refractivity contribution in [3.63, 3.8) is 0 Å². The normalized spacial score (nSPS) is 19.6. The molecule has 2 aliphatic rings. The van der Waals surface area contributed by atoms with E-state index >= 15 is 0 Å². The molecule has 2 saturated heterocycles. The van der Waals surface area contributed by atoms with Gasteiger partial charge in [-0.1, -0.05) is 109 Å². The van der Waals surface area contributed by atoms with Crippen LogP contribution in [-0.4, -0.2) is 36.6 Å². The lowest BCUT2D eigenvalue weighted by Gasteiger charge is -2.32. The molecular formula is C38H42B2O4. The van der Waals surface area contributed by atoms with Gasteiger partial charge in [-0.3, -0.25) is 0 Å². The summed E-state index contributed by atoms with van der Waals surface area (Å²) in [5.74, 6) is 0. The van der Waals surface area contributed by atoms with Crippen molar-refractivity contribution in [3.05, 3.63) is 131 Å². The lowest BCUT2D eigenvalue weighted by Crippen LogP contribution is -2.41. The summed E-state index contributed by atoms with van der Waals surface area (Å²) in [5.41, 5.74) is 7.25. The SMILES string of the molecule is CC1(C)OB(c2ccc(C(=C(c3ccccc3)c3ccccc3)c3ccc(B4OC(C)(C)C(C)(C)O4)cc3)cc2)OC1(C)C. The highest BCUT2D eigenvalue weighted by Gasteiger charge is 2.52. The van der Waals surface area contributed by atoms with Crippen molar-refractivity contribution in [2.24, 2.45) is 0 Å². The van der Waals surface area contributed by atoms with Gasteiger partial charge in [-0.15, -0.1) is 0 Å². The molecular weight excluding hydrogens is 542 g/mol. The Balaban J connectivity index is 1.46. The van der Waals surface area contributed by atoms with Gasteiger partial charge < -0.3 is 18.6 Å². The van der Waals surface area contributed by atoms with Crippen LogP contribution in [0.25, 0.3) is 11.1 Å². The zero-order valence-electron chi connectivity index (χ0n) is 27.2. The van der Waals surface area contributed by atoms with Crippen LogP contribution in [0, 0.1) is 0 Å². The summed E-state index contributed by atoms with van der Waals surface area (Å²) in [7, 11) is -0.827. The molecule has 0 amide bonds. The second-order valence-corrected chi connectivity index (χ2v) is 13.9. The van der Waals surface area contributed by atoms with Crippen LogP contribution in [-0.2, 0) is 18.6 Å². The molecule has 0 N–H and O–H groups in total. The summed E-state index contributed by atoms with van der Waals surface area (Å²) in [5, 5.41) is 0. The van der Waals surface area contributed by atoms with Crippen LogP contribution >= 0.6 is 0 Å². The second-order valence-electron chi connectivity index (χ2n) is 13.9. The van der Waals surface area contributed by atoms with Crippen LogP contribution in [0.1, 0.15) is 77.6 Å². The van der Waals surface area contributed by atoms with Crippen molar-refractivity contribution in [3.8, 4) is 0 Å². The molecule has 0 radical (unpaired) electrons. The van der Waals surface area contributed by atoms with Crippen LogP contribution in [0.3, 0.4) is 0 Å². The predicted octanol–water partition coefficient (Wildman–Crippen LogP) is 7.29. The maximum atomic E-state index is 6.35. The van der Waals surface area contributed by atoms with Gasteiger partial charge in [0.05, 0.1) is 22.4 Å². The van der Waals surface area contributed by atoms with E-state index in [1.54, 1.807) is 0 Å². The molecule has 0 spiro atoms. The van der Waals surface area contributed by atoms with Crippen molar-refractivity contribution >= 4 is 36.3 Å². The van der Waals surface area contributed by atoms with Crippen LogP contribution < -0.4 is 10.9 Å². The standard InChI is InChI=1S/C38H42B2O4/c1-35(2)36(3,4)42-39(41-35)31-23-19-29(20-24-31)34(33(27-15-11-9-12-16-27)28-17-13-10-14-18-28)30-21-25-32(26-22-30)40-43-37(5,6)38(7,8)44-40/h9-26H,1-8H3. The summed E-state index contributed by atoms with van der Waals surface area (Å²) in [6.07, 6.45) is 0. The first-order chi connectivity index (χ1) is 20.8. The average Bonchev–Trinajstić information content (AvgIpc) is 3.36. The Labute approximate surface area is 263 Å². The Morgan fingerprint density at radius 1 is 0.364 bits per heavy atom. The number of hydrogen-bond donors (Lipinski definition) is 0. The fourth-order valence-corrected chi connectivity index (χ4v) is 5.69. The second kappa shape index (κ2) is 11.2. The fourth-order valence-electron chi connectivity index (χ4n) is 5.69. The highest BCUT2D eigenvalue weighted by Crippen LogP contribution is 2.39. The van der Waals surface area contributed by atoms with Gasteiger partial charge in [0.15, 0.2) is 0 Å². The number of hydrogen-bond acceptors (Lipinski definition) is 4. The van der Waals surface area contributed by atoms with Crippen LogP contribution in [0.2, 0.25) is 0 Å². The van der Waals surface area contributed by atoms with E-state index in [-0.39, 0.29) is 0 Å². The molecule has 4 aromatic carbocycles. The van der Waals surface area contributed by atoms with Gasteiger partial charge in [0.2, 0.25) is 0 Å². The Bertz CT molecular complexity index is 1490. The summed E-state index contributed by atoms with van der Waals surface area (Å²) in [6, 6.07) is 38.5. The quantitative estimate of drug-likeness (QED) is 0.176. The molecule has 6 heteroatoms. The number of benzene rings is 4. The van der Waals surface area contributed by atoms with Crippen molar-refractivity contribution < 1.29 is 18.6 Å². The van der Waals surface area contributed by atoms with Gasteiger partial charge in [0, 0.05) is 0 Å². The fraction of sp³-hybridized carbons (Fsp3) is 0.316. The molecule has 4 nitrogen and oxygen atoms in total. The Hall–Kier alpha value is -3.41. The monoisotopic (exact) mass is 584 g/mol. The molecule has 6 rings (SSSR count). The van der Waals surface area contributed by atoms with Gasteiger partial charge >= 0.3 is 14.2 Å². The van der Waals surface area contributed by atoms with E-state index in [2.05, 4.69) is 165 Å². The van der Waals surface area contributed by atoms with Crippen molar-refractivity contribution in [2.45, 2.75) is 77.8 Å². The van der Waals surface area contributed by atoms with Crippen LogP contribution in [0.5, 0.6) is 0 Å². The third kappa shape index (κ3) is 5.61. The number of rotatable bonds is 6. The first-order valence-electron chi connectivity index (χ1n) is 15.6. The molecule has 0 aromatic heterocycles. The van der Waals surface area contributed by atoms with Gasteiger partial charge in [-0.05, 0) is 99.7 Å². The predicted molar refractivity (Wildman–Crippen MR) is 182 cm³/mol. The van der Waals surface area contributed by atoms with E-state index in [1.165, 1.54) is 0 Å². The highest BCUT2D eigenvalue weighted by atomic mass is 16.7. The zero-order chi connectivity index (χ0) is 31.3. The molecule has 0 atom stereocenters. The van der Waals surface area contributed by atoms with Gasteiger partial charge in [0.25, 0.3) is 0 Å². The largest absolute Gasteiger partial charge is 0.494 e. The summed E-state index contributed by atoms with van der Waals surface area (Å²) in [6.45, 7) is 16.7. The van der Waals surface area contributed by atoms with E-state index < -0.39 is 36.6 Å². The van der Waals surface area contributed by atoms with Crippen LogP contribution in [0.15, 0.2) is 109 Å². The molecule has 2 aliphatic heterocycles. The van der Waals surface area contributed by atoms with E-state index in [1.807, 2.05) is 0 Å². The third-order valence-electron chi connectivity index (χ3n) is 9.82. The van der Waals surface area contributed by atoms with Crippen LogP contribution in [0.4, 0.5) is 0 Å². The summed E-state index contributed by atoms with van der Waals surface area (Å²) in [4.78, 5) is 0. The lowest BCUT2D eigenvalue weighted by molar-refractivity contribution is 0.00578. The summed E-state index contributed by atoms with van der Waals surface area (Å²) < 4.78 is 25.4. The van der Waals surface area contributed by atoms with Crippen molar-refractivity contribution in [2.75, 3.05) is 0 Å². The average molecular weight is 584 g/mol. The molecule has 0 bridgehead atoms. The minimum absolute atomic E-state index is 0.395.